The molecule has 4 heterocycles. The molecule has 3 amide bonds. The fourth-order valence-corrected chi connectivity index (χ4v) is 8.25. The summed E-state index contributed by atoms with van der Waals surface area (Å²) in [7, 11) is 0. The summed E-state index contributed by atoms with van der Waals surface area (Å²) >= 11 is 6.35. The van der Waals surface area contributed by atoms with E-state index in [-0.39, 0.29) is 36.1 Å². The van der Waals surface area contributed by atoms with Crippen molar-refractivity contribution in [1.29, 1.82) is 5.53 Å². The molecule has 0 bridgehead atoms. The molecule has 16 nitrogen and oxygen atoms in total. The fraction of sp³-hybridized carbons (Fsp3) is 0.294. The zero-order chi connectivity index (χ0) is 48.8. The summed E-state index contributed by atoms with van der Waals surface area (Å²) in [6, 6.07) is 20.8. The van der Waals surface area contributed by atoms with E-state index in [1.807, 2.05) is 30.3 Å². The smallest absolute Gasteiger partial charge is 0.255 e. The van der Waals surface area contributed by atoms with Crippen molar-refractivity contribution in [3.63, 3.8) is 0 Å². The predicted molar refractivity (Wildman–Crippen MR) is 258 cm³/mol. The first-order valence-corrected chi connectivity index (χ1v) is 23.1. The molecule has 1 saturated heterocycles. The number of piperidine rings is 1. The van der Waals surface area contributed by atoms with Crippen molar-refractivity contribution >= 4 is 52.4 Å². The van der Waals surface area contributed by atoms with Crippen molar-refractivity contribution < 1.29 is 37.4 Å². The van der Waals surface area contributed by atoms with Gasteiger partial charge in [-0.05, 0) is 60.5 Å². The van der Waals surface area contributed by atoms with Crippen molar-refractivity contribution in [2.45, 2.75) is 38.4 Å². The van der Waals surface area contributed by atoms with Crippen LogP contribution in [0, 0.1) is 29.0 Å². The minimum Gasteiger partial charge on any atom is -0.387 e. The Hall–Kier alpha value is -7.27. The number of carbonyl (C=O) groups excluding carboxylic acids is 3. The monoisotopic (exact) mass is 970 g/mol. The van der Waals surface area contributed by atoms with Gasteiger partial charge in [0.15, 0.2) is 0 Å². The molecule has 1 atom stereocenters. The molecular weight excluding hydrogens is 922 g/mol. The third kappa shape index (κ3) is 12.1. The van der Waals surface area contributed by atoms with Gasteiger partial charge in [0.1, 0.15) is 23.4 Å². The van der Waals surface area contributed by atoms with E-state index in [4.69, 9.17) is 36.3 Å². The van der Waals surface area contributed by atoms with E-state index < -0.39 is 23.6 Å². The second-order valence-corrected chi connectivity index (χ2v) is 16.6. The molecule has 1 fully saturated rings. The topological polar surface area (TPSA) is 205 Å². The summed E-state index contributed by atoms with van der Waals surface area (Å²) in [5.74, 6) is 4.21. The number of hydrogen-bond donors (Lipinski definition) is 5. The number of anilines is 2. The number of nitrogens with zero attached hydrogens (tertiary/aromatic N) is 5. The number of fused-ring (bicyclic) bond motifs is 4. The van der Waals surface area contributed by atoms with Crippen LogP contribution in [0.5, 0.6) is 0 Å². The Morgan fingerprint density at radius 1 is 0.900 bits per heavy atom. The van der Waals surface area contributed by atoms with E-state index in [1.165, 1.54) is 23.1 Å². The largest absolute Gasteiger partial charge is 0.387 e. The SMILES string of the molecule is N=N/C(=C\NCCOCCOCCOCCNCCC#Cc1cccc2c1CN(C1CCC(=O)NC1=O)C2=O)c1ccc(Nc2ncc3c(n2)-c2ccc(Cl)cc2C(c2c(F)cccc2F)=NC3)cc1. The lowest BCUT2D eigenvalue weighted by atomic mass is 9.95. The number of halogens is 3. The molecule has 3 aliphatic heterocycles. The molecular formula is C51H49ClF2N10O6. The predicted octanol–water partition coefficient (Wildman–Crippen LogP) is 6.93. The molecule has 8 rings (SSSR count). The summed E-state index contributed by atoms with van der Waals surface area (Å²) in [6.45, 7) is 4.87. The number of nitrogens with one attached hydrogen (secondary N) is 5. The molecule has 70 heavy (non-hydrogen) atoms. The normalized spacial score (nSPS) is 15.2. The van der Waals surface area contributed by atoms with Gasteiger partial charge in [0, 0.05) is 95.5 Å². The number of ether oxygens (including phenoxy) is 3. The number of amides is 3. The van der Waals surface area contributed by atoms with Gasteiger partial charge in [-0.15, -0.1) is 0 Å². The van der Waals surface area contributed by atoms with Crippen LogP contribution in [0.2, 0.25) is 5.02 Å². The van der Waals surface area contributed by atoms with Gasteiger partial charge in [-0.2, -0.15) is 5.11 Å². The van der Waals surface area contributed by atoms with Gasteiger partial charge in [0.2, 0.25) is 17.8 Å². The van der Waals surface area contributed by atoms with E-state index in [9.17, 15) is 23.2 Å². The fourth-order valence-electron chi connectivity index (χ4n) is 8.08. The van der Waals surface area contributed by atoms with Gasteiger partial charge in [0.25, 0.3) is 5.91 Å². The average molecular weight is 971 g/mol. The van der Waals surface area contributed by atoms with E-state index >= 15 is 0 Å². The summed E-state index contributed by atoms with van der Waals surface area (Å²) in [6.07, 6.45) is 4.42. The van der Waals surface area contributed by atoms with Crippen molar-refractivity contribution in [3.05, 3.63) is 147 Å². The lowest BCUT2D eigenvalue weighted by Gasteiger charge is -2.29. The van der Waals surface area contributed by atoms with Gasteiger partial charge in [-0.3, -0.25) is 24.7 Å². The van der Waals surface area contributed by atoms with Crippen LogP contribution in [-0.2, 0) is 36.9 Å². The van der Waals surface area contributed by atoms with Gasteiger partial charge in [-0.1, -0.05) is 53.8 Å². The molecule has 4 aromatic carbocycles. The maximum absolute atomic E-state index is 14.9. The van der Waals surface area contributed by atoms with Crippen LogP contribution in [0.15, 0.2) is 101 Å². The van der Waals surface area contributed by atoms with Crippen LogP contribution in [0.25, 0.3) is 17.0 Å². The zero-order valence-electron chi connectivity index (χ0n) is 38.0. The molecule has 5 N–H and O–H groups in total. The van der Waals surface area contributed by atoms with Gasteiger partial charge in [0.05, 0.1) is 63.2 Å². The first-order valence-electron chi connectivity index (χ1n) is 22.7. The number of hydrogen-bond acceptors (Lipinski definition) is 14. The summed E-state index contributed by atoms with van der Waals surface area (Å²) in [5, 5.41) is 16.0. The van der Waals surface area contributed by atoms with Crippen molar-refractivity contribution in [2.24, 2.45) is 10.1 Å². The van der Waals surface area contributed by atoms with E-state index in [2.05, 4.69) is 48.2 Å². The summed E-state index contributed by atoms with van der Waals surface area (Å²) in [5.41, 5.74) is 13.8. The van der Waals surface area contributed by atoms with Crippen LogP contribution >= 0.6 is 11.6 Å². The minimum absolute atomic E-state index is 0.101. The van der Waals surface area contributed by atoms with Gasteiger partial charge < -0.3 is 35.1 Å². The zero-order valence-corrected chi connectivity index (χ0v) is 38.7. The van der Waals surface area contributed by atoms with Crippen molar-refractivity contribution in [2.75, 3.05) is 64.6 Å². The van der Waals surface area contributed by atoms with Gasteiger partial charge in [-0.25, -0.2) is 24.3 Å². The molecule has 360 valence electrons. The van der Waals surface area contributed by atoms with Crippen LogP contribution < -0.4 is 21.3 Å². The van der Waals surface area contributed by atoms with E-state index in [1.54, 1.807) is 42.7 Å². The highest BCUT2D eigenvalue weighted by Gasteiger charge is 2.39. The lowest BCUT2D eigenvalue weighted by molar-refractivity contribution is -0.136. The molecule has 0 saturated carbocycles. The van der Waals surface area contributed by atoms with E-state index in [0.29, 0.717) is 135 Å². The van der Waals surface area contributed by atoms with E-state index in [0.717, 1.165) is 11.1 Å². The minimum atomic E-state index is -0.731. The molecule has 1 aromatic heterocycles. The van der Waals surface area contributed by atoms with Crippen LogP contribution in [0.1, 0.15) is 63.0 Å². The Bertz CT molecular complexity index is 2870. The van der Waals surface area contributed by atoms with Crippen molar-refractivity contribution in [3.8, 4) is 23.1 Å². The average Bonchev–Trinajstić information content (AvgIpc) is 3.61. The number of carbonyl (C=O) groups is 3. The Labute approximate surface area is 407 Å². The van der Waals surface area contributed by atoms with Gasteiger partial charge >= 0.3 is 0 Å². The molecule has 0 radical (unpaired) electrons. The first-order chi connectivity index (χ1) is 34.2. The van der Waals surface area contributed by atoms with Crippen LogP contribution in [0.4, 0.5) is 20.4 Å². The second-order valence-electron chi connectivity index (χ2n) is 16.2. The highest BCUT2D eigenvalue weighted by atomic mass is 35.5. The number of benzene rings is 4. The molecule has 3 aliphatic rings. The molecule has 5 aromatic rings. The highest BCUT2D eigenvalue weighted by molar-refractivity contribution is 6.31. The third-order valence-corrected chi connectivity index (χ3v) is 11.8. The quantitative estimate of drug-likeness (QED) is 0.0221. The molecule has 19 heteroatoms. The number of imide groups is 1. The number of aliphatic imine (C=N–C) groups is 1. The maximum Gasteiger partial charge on any atom is 0.255 e. The Morgan fingerprint density at radius 2 is 1.64 bits per heavy atom. The third-order valence-electron chi connectivity index (χ3n) is 11.5. The summed E-state index contributed by atoms with van der Waals surface area (Å²) in [4.78, 5) is 52.3. The van der Waals surface area contributed by atoms with Crippen LogP contribution in [0.3, 0.4) is 0 Å². The second kappa shape index (κ2) is 23.8. The Balaban J connectivity index is 0.683. The maximum atomic E-state index is 14.9. The first kappa shape index (κ1) is 49.2. The number of rotatable bonds is 21. The Kier molecular flexibility index (Phi) is 16.7. The molecule has 0 spiro atoms. The molecule has 0 aliphatic carbocycles. The highest BCUT2D eigenvalue weighted by Crippen LogP contribution is 2.35. The Morgan fingerprint density at radius 3 is 2.40 bits per heavy atom. The standard InChI is InChI=1S/C51H49ClF2N10O6/c52-35-12-15-37-39(27-35)48(46-41(53)8-4-9-42(46)54)58-28-34-29-59-51(62-47(34)37)60-36-13-10-33(11-14-36)43(63-55)30-57-20-22-69-24-26-70-25-23-68-21-19-56-18-2-1-5-32-6-3-7-38-40(32)31-64(50(38)67)44-16-17-45(65)61-49(44)66/h3-4,6-15,27,29-30,44,55-57H,2,16-26,28,31H2,(H,59,60,62)(H,61,65,66)/b43-30-,63-55?. The van der Waals surface area contributed by atoms with Crippen LogP contribution in [-0.4, -0.2) is 104 Å². The lowest BCUT2D eigenvalue weighted by Crippen LogP contribution is -2.52. The number of aromatic nitrogens is 2. The summed E-state index contributed by atoms with van der Waals surface area (Å²) < 4.78 is 46.8. The van der Waals surface area contributed by atoms with Crippen molar-refractivity contribution in [1.82, 2.24) is 30.8 Å². The molecule has 1 unspecified atom stereocenters.